The van der Waals surface area contributed by atoms with E-state index in [4.69, 9.17) is 9.72 Å². The van der Waals surface area contributed by atoms with Crippen LogP contribution >= 0.6 is 0 Å². The summed E-state index contributed by atoms with van der Waals surface area (Å²) in [5.74, 6) is 0.744. The van der Waals surface area contributed by atoms with Crippen molar-refractivity contribution in [3.05, 3.63) is 60.2 Å². The molecule has 2 N–H and O–H groups in total. The molecule has 3 aromatic rings. The van der Waals surface area contributed by atoms with E-state index in [1.165, 1.54) is 0 Å². The van der Waals surface area contributed by atoms with Gasteiger partial charge in [0, 0.05) is 23.6 Å². The Hall–Kier alpha value is -2.43. The summed E-state index contributed by atoms with van der Waals surface area (Å²) in [6.07, 6.45) is -0.552. The maximum absolute atomic E-state index is 9.91. The average Bonchev–Trinajstić information content (AvgIpc) is 2.60. The molecule has 4 heteroatoms. The van der Waals surface area contributed by atoms with Crippen molar-refractivity contribution in [1.29, 1.82) is 0 Å². The van der Waals surface area contributed by atoms with Crippen molar-refractivity contribution in [2.24, 2.45) is 0 Å². The van der Waals surface area contributed by atoms with Crippen molar-refractivity contribution in [2.45, 2.75) is 13.0 Å². The summed E-state index contributed by atoms with van der Waals surface area (Å²) in [6.45, 7) is 2.78. The Labute approximate surface area is 142 Å². The Morgan fingerprint density at radius 2 is 1.92 bits per heavy atom. The minimum Gasteiger partial charge on any atom is -0.490 e. The number of rotatable bonds is 6. The number of fused-ring (bicyclic) bond motifs is 1. The highest BCUT2D eigenvalue weighted by atomic mass is 16.5. The first-order chi connectivity index (χ1) is 11.7. The molecule has 3 rings (SSSR count). The van der Waals surface area contributed by atoms with Crippen LogP contribution < -0.4 is 10.1 Å². The van der Waals surface area contributed by atoms with Crippen LogP contribution in [0.2, 0.25) is 0 Å². The van der Waals surface area contributed by atoms with Crippen molar-refractivity contribution in [3.63, 3.8) is 0 Å². The zero-order valence-electron chi connectivity index (χ0n) is 14.0. The molecule has 0 amide bonds. The molecule has 1 unspecified atom stereocenters. The van der Waals surface area contributed by atoms with Gasteiger partial charge in [0.1, 0.15) is 18.5 Å². The number of hydrogen-bond donors (Lipinski definition) is 2. The normalized spacial score (nSPS) is 12.3. The molecule has 1 heterocycles. The zero-order valence-corrected chi connectivity index (χ0v) is 14.0. The molecule has 0 spiro atoms. The molecule has 0 aliphatic heterocycles. The molecule has 0 saturated carbocycles. The summed E-state index contributed by atoms with van der Waals surface area (Å²) in [7, 11) is 1.81. The first kappa shape index (κ1) is 16.4. The fraction of sp³-hybridized carbons (Fsp3) is 0.250. The molecule has 0 radical (unpaired) electrons. The fourth-order valence-corrected chi connectivity index (χ4v) is 2.66. The molecule has 24 heavy (non-hydrogen) atoms. The van der Waals surface area contributed by atoms with Gasteiger partial charge in [-0.15, -0.1) is 0 Å². The quantitative estimate of drug-likeness (QED) is 0.732. The molecule has 0 aliphatic rings. The third-order valence-corrected chi connectivity index (χ3v) is 3.87. The van der Waals surface area contributed by atoms with Crippen LogP contribution in [-0.2, 0) is 0 Å². The number of benzene rings is 2. The lowest BCUT2D eigenvalue weighted by molar-refractivity contribution is 0.109. The van der Waals surface area contributed by atoms with Crippen molar-refractivity contribution in [2.75, 3.05) is 20.2 Å². The van der Waals surface area contributed by atoms with E-state index in [0.29, 0.717) is 6.54 Å². The second-order valence-corrected chi connectivity index (χ2v) is 5.91. The van der Waals surface area contributed by atoms with E-state index in [1.807, 2.05) is 55.5 Å². The van der Waals surface area contributed by atoms with Gasteiger partial charge in [-0.2, -0.15) is 0 Å². The summed E-state index contributed by atoms with van der Waals surface area (Å²) in [6, 6.07) is 18.1. The minimum atomic E-state index is -0.552. The molecule has 4 nitrogen and oxygen atoms in total. The number of aryl methyl sites for hydroxylation is 1. The fourth-order valence-electron chi connectivity index (χ4n) is 2.66. The summed E-state index contributed by atoms with van der Waals surface area (Å²) in [4.78, 5) is 4.78. The molecule has 2 aromatic carbocycles. The zero-order chi connectivity index (χ0) is 16.9. The number of aliphatic hydroxyl groups excluding tert-OH is 1. The average molecular weight is 322 g/mol. The summed E-state index contributed by atoms with van der Waals surface area (Å²) in [5.41, 5.74) is 3.96. The molecule has 0 bridgehead atoms. The Bertz CT molecular complexity index is 818. The molecule has 1 atom stereocenters. The number of pyridine rings is 1. The SMILES string of the molecule is CNCC(O)COc1cc(-c2ccccc2)nc2cc(C)ccc12. The van der Waals surface area contributed by atoms with Gasteiger partial charge in [-0.25, -0.2) is 4.98 Å². The van der Waals surface area contributed by atoms with Crippen LogP contribution in [0, 0.1) is 6.92 Å². The smallest absolute Gasteiger partial charge is 0.131 e. The van der Waals surface area contributed by atoms with Crippen molar-refractivity contribution in [3.8, 4) is 17.0 Å². The van der Waals surface area contributed by atoms with Gasteiger partial charge in [0.25, 0.3) is 0 Å². The lowest BCUT2D eigenvalue weighted by atomic mass is 10.1. The monoisotopic (exact) mass is 322 g/mol. The lowest BCUT2D eigenvalue weighted by Crippen LogP contribution is -2.29. The molecule has 0 aliphatic carbocycles. The van der Waals surface area contributed by atoms with Gasteiger partial charge in [0.05, 0.1) is 11.2 Å². The van der Waals surface area contributed by atoms with Gasteiger partial charge in [0.15, 0.2) is 0 Å². The van der Waals surface area contributed by atoms with E-state index < -0.39 is 6.10 Å². The van der Waals surface area contributed by atoms with Gasteiger partial charge in [-0.1, -0.05) is 36.4 Å². The van der Waals surface area contributed by atoms with Crippen LogP contribution in [0.5, 0.6) is 5.75 Å². The van der Waals surface area contributed by atoms with Gasteiger partial charge < -0.3 is 15.2 Å². The van der Waals surface area contributed by atoms with Crippen LogP contribution in [0.25, 0.3) is 22.2 Å². The molecular formula is C20H22N2O2. The van der Waals surface area contributed by atoms with E-state index in [2.05, 4.69) is 11.4 Å². The molecular weight excluding hydrogens is 300 g/mol. The highest BCUT2D eigenvalue weighted by Crippen LogP contribution is 2.30. The number of hydrogen-bond acceptors (Lipinski definition) is 4. The Kier molecular flexibility index (Phi) is 5.08. The predicted octanol–water partition coefficient (Wildman–Crippen LogP) is 3.17. The number of aromatic nitrogens is 1. The maximum atomic E-state index is 9.91. The van der Waals surface area contributed by atoms with E-state index in [0.717, 1.165) is 33.5 Å². The Morgan fingerprint density at radius 1 is 1.12 bits per heavy atom. The minimum absolute atomic E-state index is 0.238. The third-order valence-electron chi connectivity index (χ3n) is 3.87. The topological polar surface area (TPSA) is 54.4 Å². The highest BCUT2D eigenvalue weighted by molar-refractivity contribution is 5.88. The van der Waals surface area contributed by atoms with E-state index in [1.54, 1.807) is 7.05 Å². The number of nitrogens with zero attached hydrogens (tertiary/aromatic N) is 1. The second-order valence-electron chi connectivity index (χ2n) is 5.91. The van der Waals surface area contributed by atoms with Crippen molar-refractivity contribution < 1.29 is 9.84 Å². The number of likely N-dealkylation sites (N-methyl/N-ethyl adjacent to an activating group) is 1. The molecule has 124 valence electrons. The third kappa shape index (κ3) is 3.72. The van der Waals surface area contributed by atoms with E-state index in [9.17, 15) is 5.11 Å². The van der Waals surface area contributed by atoms with Crippen molar-refractivity contribution >= 4 is 10.9 Å². The first-order valence-electron chi connectivity index (χ1n) is 8.09. The number of nitrogens with one attached hydrogen (secondary N) is 1. The second kappa shape index (κ2) is 7.43. The maximum Gasteiger partial charge on any atom is 0.131 e. The van der Waals surface area contributed by atoms with Gasteiger partial charge >= 0.3 is 0 Å². The van der Waals surface area contributed by atoms with Crippen LogP contribution in [0.15, 0.2) is 54.6 Å². The Balaban J connectivity index is 2.02. The predicted molar refractivity (Wildman–Crippen MR) is 97.3 cm³/mol. The largest absolute Gasteiger partial charge is 0.490 e. The van der Waals surface area contributed by atoms with Gasteiger partial charge in [0.2, 0.25) is 0 Å². The van der Waals surface area contributed by atoms with Crippen LogP contribution in [0.3, 0.4) is 0 Å². The van der Waals surface area contributed by atoms with Crippen LogP contribution in [0.4, 0.5) is 0 Å². The highest BCUT2D eigenvalue weighted by Gasteiger charge is 2.11. The van der Waals surface area contributed by atoms with Crippen LogP contribution in [-0.4, -0.2) is 36.4 Å². The van der Waals surface area contributed by atoms with Crippen LogP contribution in [0.1, 0.15) is 5.56 Å². The summed E-state index contributed by atoms with van der Waals surface area (Å²) < 4.78 is 5.91. The molecule has 0 saturated heterocycles. The van der Waals surface area contributed by atoms with Gasteiger partial charge in [-0.05, 0) is 31.7 Å². The Morgan fingerprint density at radius 3 is 2.67 bits per heavy atom. The van der Waals surface area contributed by atoms with E-state index >= 15 is 0 Å². The molecule has 0 fully saturated rings. The summed E-state index contributed by atoms with van der Waals surface area (Å²) >= 11 is 0. The summed E-state index contributed by atoms with van der Waals surface area (Å²) in [5, 5.41) is 13.8. The lowest BCUT2D eigenvalue weighted by Gasteiger charge is -2.15. The number of aliphatic hydroxyl groups is 1. The van der Waals surface area contributed by atoms with Gasteiger partial charge in [-0.3, -0.25) is 0 Å². The van der Waals surface area contributed by atoms with Crippen molar-refractivity contribution in [1.82, 2.24) is 10.3 Å². The standard InChI is InChI=1S/C20H22N2O2/c1-14-8-9-17-19(10-14)22-18(15-6-4-3-5-7-15)11-20(17)24-13-16(23)12-21-2/h3-11,16,21,23H,12-13H2,1-2H3. The first-order valence-corrected chi connectivity index (χ1v) is 8.09. The van der Waals surface area contributed by atoms with E-state index in [-0.39, 0.29) is 6.61 Å². The molecule has 1 aromatic heterocycles. The number of ether oxygens (including phenoxy) is 1.